The van der Waals surface area contributed by atoms with E-state index in [0.717, 1.165) is 10.4 Å². The predicted octanol–water partition coefficient (Wildman–Crippen LogP) is 5.14. The summed E-state index contributed by atoms with van der Waals surface area (Å²) in [5.41, 5.74) is 3.33. The quantitative estimate of drug-likeness (QED) is 0.811. The predicted molar refractivity (Wildman–Crippen MR) is 95.1 cm³/mol. The van der Waals surface area contributed by atoms with Crippen molar-refractivity contribution in [2.75, 3.05) is 24.3 Å². The molecule has 0 aromatic heterocycles. The van der Waals surface area contributed by atoms with Crippen molar-refractivity contribution >= 4 is 27.3 Å². The van der Waals surface area contributed by atoms with Crippen molar-refractivity contribution in [2.24, 2.45) is 16.7 Å². The van der Waals surface area contributed by atoms with Crippen LogP contribution in [0.3, 0.4) is 0 Å². The summed E-state index contributed by atoms with van der Waals surface area (Å²) in [6.07, 6.45) is 4.15. The van der Waals surface area contributed by atoms with Crippen LogP contribution in [0.5, 0.6) is 0 Å². The third-order valence-corrected chi connectivity index (χ3v) is 6.50. The van der Waals surface area contributed by atoms with Gasteiger partial charge in [-0.3, -0.25) is 0 Å². The summed E-state index contributed by atoms with van der Waals surface area (Å²) in [7, 11) is 4.23. The largest absolute Gasteiger partial charge is 0.380 e. The van der Waals surface area contributed by atoms with Gasteiger partial charge < -0.3 is 10.2 Å². The molecule has 2 saturated carbocycles. The zero-order valence-corrected chi connectivity index (χ0v) is 15.4. The van der Waals surface area contributed by atoms with Crippen LogP contribution in [0.15, 0.2) is 22.7 Å². The van der Waals surface area contributed by atoms with E-state index in [1.807, 2.05) is 0 Å². The Morgan fingerprint density at radius 3 is 2.52 bits per heavy atom. The molecule has 0 amide bonds. The first-order valence-corrected chi connectivity index (χ1v) is 8.77. The van der Waals surface area contributed by atoms with Crippen LogP contribution in [0.2, 0.25) is 0 Å². The van der Waals surface area contributed by atoms with Crippen LogP contribution in [-0.4, -0.2) is 20.1 Å². The van der Waals surface area contributed by atoms with Gasteiger partial charge in [-0.15, -0.1) is 0 Å². The van der Waals surface area contributed by atoms with Gasteiger partial charge in [-0.1, -0.05) is 36.7 Å². The van der Waals surface area contributed by atoms with E-state index in [9.17, 15) is 0 Å². The van der Waals surface area contributed by atoms with Crippen molar-refractivity contribution in [3.05, 3.63) is 22.7 Å². The molecule has 3 heteroatoms. The van der Waals surface area contributed by atoms with Crippen LogP contribution in [0.1, 0.15) is 40.0 Å². The third kappa shape index (κ3) is 2.38. The summed E-state index contributed by atoms with van der Waals surface area (Å²) in [5, 5.41) is 3.92. The highest BCUT2D eigenvalue weighted by atomic mass is 79.9. The Morgan fingerprint density at radius 2 is 1.95 bits per heavy atom. The van der Waals surface area contributed by atoms with E-state index in [1.165, 1.54) is 30.6 Å². The zero-order chi connectivity index (χ0) is 15.4. The lowest BCUT2D eigenvalue weighted by atomic mass is 9.68. The summed E-state index contributed by atoms with van der Waals surface area (Å²) in [4.78, 5) is 2.19. The molecule has 1 N–H and O–H groups in total. The highest BCUT2D eigenvalue weighted by Crippen LogP contribution is 2.63. The van der Waals surface area contributed by atoms with E-state index < -0.39 is 0 Å². The van der Waals surface area contributed by atoms with E-state index in [1.54, 1.807) is 0 Å². The van der Waals surface area contributed by atoms with Crippen molar-refractivity contribution in [1.82, 2.24) is 0 Å². The second-order valence-electron chi connectivity index (χ2n) is 8.05. The van der Waals surface area contributed by atoms with E-state index >= 15 is 0 Å². The summed E-state index contributed by atoms with van der Waals surface area (Å²) in [5.74, 6) is 0.870. The maximum absolute atomic E-state index is 3.92. The van der Waals surface area contributed by atoms with Crippen LogP contribution >= 0.6 is 15.9 Å². The fourth-order valence-corrected chi connectivity index (χ4v) is 5.19. The van der Waals surface area contributed by atoms with Crippen LogP contribution in [0.4, 0.5) is 11.4 Å². The lowest BCUT2D eigenvalue weighted by molar-refractivity contribution is 0.155. The Balaban J connectivity index is 1.95. The summed E-state index contributed by atoms with van der Waals surface area (Å²) >= 11 is 3.62. The minimum atomic E-state index is 0.374. The fraction of sp³-hybridized carbons (Fsp3) is 0.667. The SMILES string of the molecule is CN(C)c1ccc(Br)cc1NC1C(C)(C)[C@H]2CC[C@]1(C)C2. The van der Waals surface area contributed by atoms with E-state index in [0.29, 0.717) is 16.9 Å². The molecule has 0 spiro atoms. The molecule has 116 valence electrons. The molecule has 1 aromatic carbocycles. The Hall–Kier alpha value is -0.700. The Bertz CT molecular complexity index is 547. The van der Waals surface area contributed by atoms with Crippen molar-refractivity contribution in [3.63, 3.8) is 0 Å². The van der Waals surface area contributed by atoms with Gasteiger partial charge in [0.25, 0.3) is 0 Å². The maximum atomic E-state index is 3.92. The van der Waals surface area contributed by atoms with Gasteiger partial charge in [-0.2, -0.15) is 0 Å². The number of nitrogens with zero attached hydrogens (tertiary/aromatic N) is 1. The Labute approximate surface area is 137 Å². The number of fused-ring (bicyclic) bond motifs is 2. The average Bonchev–Trinajstić information content (AvgIpc) is 2.85. The van der Waals surface area contributed by atoms with E-state index in [2.05, 4.69) is 79.2 Å². The molecule has 2 nitrogen and oxygen atoms in total. The number of hydrogen-bond acceptors (Lipinski definition) is 2. The van der Waals surface area contributed by atoms with Gasteiger partial charge in [0, 0.05) is 24.6 Å². The Morgan fingerprint density at radius 1 is 1.24 bits per heavy atom. The number of halogens is 1. The van der Waals surface area contributed by atoms with Crippen LogP contribution in [-0.2, 0) is 0 Å². The molecule has 3 rings (SSSR count). The average molecular weight is 351 g/mol. The molecular formula is C18H27BrN2. The maximum Gasteiger partial charge on any atom is 0.0597 e. The van der Waals surface area contributed by atoms with Crippen molar-refractivity contribution in [1.29, 1.82) is 0 Å². The van der Waals surface area contributed by atoms with Crippen LogP contribution in [0, 0.1) is 16.7 Å². The minimum absolute atomic E-state index is 0.374. The van der Waals surface area contributed by atoms with Gasteiger partial charge in [-0.05, 0) is 54.2 Å². The number of benzene rings is 1. The fourth-order valence-electron chi connectivity index (χ4n) is 4.83. The second-order valence-corrected chi connectivity index (χ2v) is 8.96. The summed E-state index contributed by atoms with van der Waals surface area (Å²) in [6.45, 7) is 7.38. The third-order valence-electron chi connectivity index (χ3n) is 6.01. The van der Waals surface area contributed by atoms with Crippen molar-refractivity contribution < 1.29 is 0 Å². The summed E-state index contributed by atoms with van der Waals surface area (Å²) < 4.78 is 1.14. The number of hydrogen-bond donors (Lipinski definition) is 1. The molecule has 0 saturated heterocycles. The molecule has 2 bridgehead atoms. The molecule has 21 heavy (non-hydrogen) atoms. The van der Waals surface area contributed by atoms with Gasteiger partial charge in [0.15, 0.2) is 0 Å². The number of nitrogens with one attached hydrogen (secondary N) is 1. The first kappa shape index (κ1) is 15.2. The molecule has 0 heterocycles. The first-order chi connectivity index (χ1) is 9.74. The standard InChI is InChI=1S/C18H27BrN2/c1-17(2)12-8-9-18(3,11-12)16(17)20-14-10-13(19)6-7-15(14)21(4)5/h6-7,10,12,16,20H,8-9,11H2,1-5H3/t12-,16?,18+/m0/s1. The lowest BCUT2D eigenvalue weighted by Gasteiger charge is -2.44. The molecule has 1 unspecified atom stereocenters. The number of anilines is 2. The van der Waals surface area contributed by atoms with Gasteiger partial charge in [0.2, 0.25) is 0 Å². The zero-order valence-electron chi connectivity index (χ0n) is 13.8. The highest BCUT2D eigenvalue weighted by Gasteiger charge is 2.59. The van der Waals surface area contributed by atoms with Crippen molar-refractivity contribution in [2.45, 2.75) is 46.1 Å². The molecule has 3 atom stereocenters. The first-order valence-electron chi connectivity index (χ1n) is 7.97. The smallest absolute Gasteiger partial charge is 0.0597 e. The summed E-state index contributed by atoms with van der Waals surface area (Å²) in [6, 6.07) is 7.08. The molecule has 2 fully saturated rings. The van der Waals surface area contributed by atoms with E-state index in [4.69, 9.17) is 0 Å². The topological polar surface area (TPSA) is 15.3 Å². The molecular weight excluding hydrogens is 324 g/mol. The monoisotopic (exact) mass is 350 g/mol. The van der Waals surface area contributed by atoms with Gasteiger partial charge in [-0.25, -0.2) is 0 Å². The van der Waals surface area contributed by atoms with Crippen LogP contribution in [0.25, 0.3) is 0 Å². The van der Waals surface area contributed by atoms with Crippen molar-refractivity contribution in [3.8, 4) is 0 Å². The van der Waals surface area contributed by atoms with Gasteiger partial charge in [0.1, 0.15) is 0 Å². The molecule has 0 radical (unpaired) electrons. The second kappa shape index (κ2) is 4.91. The normalized spacial score (nSPS) is 33.2. The van der Waals surface area contributed by atoms with Gasteiger partial charge in [0.05, 0.1) is 11.4 Å². The lowest BCUT2D eigenvalue weighted by Crippen LogP contribution is -2.46. The highest BCUT2D eigenvalue weighted by molar-refractivity contribution is 9.10. The molecule has 2 aliphatic rings. The molecule has 2 aliphatic carbocycles. The molecule has 1 aromatic rings. The molecule has 0 aliphatic heterocycles. The minimum Gasteiger partial charge on any atom is -0.380 e. The van der Waals surface area contributed by atoms with E-state index in [-0.39, 0.29) is 0 Å². The van der Waals surface area contributed by atoms with Gasteiger partial charge >= 0.3 is 0 Å². The van der Waals surface area contributed by atoms with Crippen LogP contribution < -0.4 is 10.2 Å². The number of rotatable bonds is 3. The Kier molecular flexibility index (Phi) is 3.55.